The van der Waals surface area contributed by atoms with Crippen LogP contribution in [-0.4, -0.2) is 0 Å². The van der Waals surface area contributed by atoms with E-state index in [1.54, 1.807) is 0 Å². The van der Waals surface area contributed by atoms with Crippen LogP contribution in [0.15, 0.2) is 158 Å². The van der Waals surface area contributed by atoms with E-state index >= 15 is 0 Å². The number of benzene rings is 9. The van der Waals surface area contributed by atoms with E-state index in [9.17, 15) is 0 Å². The molecule has 1 heterocycles. The Hall–Kier alpha value is -6.02. The molecular weight excluding hydrogens is 681 g/mol. The minimum atomic E-state index is -0.0992. The second kappa shape index (κ2) is 10.8. The molecule has 0 N–H and O–H groups in total. The van der Waals surface area contributed by atoms with Crippen LogP contribution in [0.5, 0.6) is 0 Å². The summed E-state index contributed by atoms with van der Waals surface area (Å²) in [5, 5.41) is 10.6. The zero-order valence-corrected chi connectivity index (χ0v) is 32.2. The molecule has 0 radical (unpaired) electrons. The highest BCUT2D eigenvalue weighted by Gasteiger charge is 2.37. The normalized spacial score (nSPS) is 14.8. The van der Waals surface area contributed by atoms with E-state index in [2.05, 4.69) is 185 Å². The van der Waals surface area contributed by atoms with Gasteiger partial charge in [0.05, 0.1) is 0 Å². The molecule has 10 aromatic rings. The first-order valence-corrected chi connectivity index (χ1v) is 20.3. The smallest absolute Gasteiger partial charge is 0.0361 e. The van der Waals surface area contributed by atoms with Gasteiger partial charge in [-0.05, 0) is 135 Å². The number of hydrogen-bond acceptors (Lipinski definition) is 1. The van der Waals surface area contributed by atoms with Crippen LogP contribution >= 0.6 is 11.3 Å². The van der Waals surface area contributed by atoms with E-state index in [-0.39, 0.29) is 10.8 Å². The van der Waals surface area contributed by atoms with Crippen LogP contribution in [0.1, 0.15) is 49.9 Å². The maximum absolute atomic E-state index is 2.51. The largest absolute Gasteiger partial charge is 0.135 e. The summed E-state index contributed by atoms with van der Waals surface area (Å²) < 4.78 is 2.71. The molecule has 2 aliphatic carbocycles. The molecule has 0 saturated heterocycles. The van der Waals surface area contributed by atoms with Crippen LogP contribution in [0.2, 0.25) is 0 Å². The summed E-state index contributed by atoms with van der Waals surface area (Å²) in [7, 11) is 0. The monoisotopic (exact) mass is 718 g/mol. The van der Waals surface area contributed by atoms with Crippen LogP contribution < -0.4 is 0 Å². The first-order valence-electron chi connectivity index (χ1n) is 19.5. The molecule has 55 heavy (non-hydrogen) atoms. The summed E-state index contributed by atoms with van der Waals surface area (Å²) in [6.45, 7) is 9.56. The molecule has 0 bridgehead atoms. The van der Waals surface area contributed by atoms with Gasteiger partial charge in [-0.3, -0.25) is 0 Å². The van der Waals surface area contributed by atoms with Crippen molar-refractivity contribution in [3.63, 3.8) is 0 Å². The minimum absolute atomic E-state index is 0.0599. The molecule has 0 atom stereocenters. The van der Waals surface area contributed by atoms with E-state index in [0.717, 1.165) is 0 Å². The number of thiophene rings is 1. The molecule has 0 fully saturated rings. The van der Waals surface area contributed by atoms with Gasteiger partial charge >= 0.3 is 0 Å². The summed E-state index contributed by atoms with van der Waals surface area (Å²) in [6, 6.07) is 60.2. The second-order valence-corrected chi connectivity index (χ2v) is 17.9. The Morgan fingerprint density at radius 2 is 0.873 bits per heavy atom. The molecule has 1 aromatic heterocycles. The van der Waals surface area contributed by atoms with Crippen molar-refractivity contribution in [2.45, 2.75) is 38.5 Å². The highest BCUT2D eigenvalue weighted by Crippen LogP contribution is 2.54. The Morgan fingerprint density at radius 1 is 0.345 bits per heavy atom. The van der Waals surface area contributed by atoms with Crippen molar-refractivity contribution in [3.05, 3.63) is 180 Å². The highest BCUT2D eigenvalue weighted by atomic mass is 32.1. The summed E-state index contributed by atoms with van der Waals surface area (Å²) >= 11 is 1.90. The Balaban J connectivity index is 1.10. The van der Waals surface area contributed by atoms with Crippen molar-refractivity contribution in [3.8, 4) is 44.5 Å². The molecule has 0 unspecified atom stereocenters. The van der Waals surface area contributed by atoms with Crippen molar-refractivity contribution in [2.75, 3.05) is 0 Å². The molecule has 12 rings (SSSR count). The van der Waals surface area contributed by atoms with Gasteiger partial charge < -0.3 is 0 Å². The third-order valence-electron chi connectivity index (χ3n) is 13.2. The fourth-order valence-corrected chi connectivity index (χ4v) is 11.7. The Morgan fingerprint density at radius 3 is 1.58 bits per heavy atom. The van der Waals surface area contributed by atoms with Crippen molar-refractivity contribution in [1.82, 2.24) is 0 Å². The molecule has 2 aliphatic rings. The summed E-state index contributed by atoms with van der Waals surface area (Å²) in [5.41, 5.74) is 16.1. The van der Waals surface area contributed by atoms with Crippen LogP contribution in [0.25, 0.3) is 97.0 Å². The van der Waals surface area contributed by atoms with Gasteiger partial charge in [0.1, 0.15) is 0 Å². The maximum atomic E-state index is 2.51. The van der Waals surface area contributed by atoms with Gasteiger partial charge in [0.25, 0.3) is 0 Å². The van der Waals surface area contributed by atoms with Gasteiger partial charge in [0.2, 0.25) is 0 Å². The van der Waals surface area contributed by atoms with Crippen molar-refractivity contribution in [2.24, 2.45) is 0 Å². The molecule has 0 aliphatic heterocycles. The number of fused-ring (bicyclic) bond motifs is 13. The fraction of sp³-hybridized carbons (Fsp3) is 0.111. The molecule has 0 spiro atoms. The lowest BCUT2D eigenvalue weighted by Crippen LogP contribution is -2.14. The standard InChI is InChI=1S/C54H38S/c1-53(2)44-19-11-9-13-34(44)35-24-21-33(29-46(35)53)51-38-16-7-5-14-36(38)50(37-15-6-8-17-39(37)51)32-22-25-45-42(27-32)43-30-41-31(28-47(43)54(45,3)4)23-26-49-52(41)40-18-10-12-20-48(40)55-49/h5-30H,1-4H3. The predicted molar refractivity (Wildman–Crippen MR) is 238 cm³/mol. The third kappa shape index (κ3) is 4.12. The average molecular weight is 719 g/mol. The lowest BCUT2D eigenvalue weighted by molar-refractivity contribution is 0.660. The van der Waals surface area contributed by atoms with E-state index in [1.807, 2.05) is 11.3 Å². The van der Waals surface area contributed by atoms with E-state index in [0.29, 0.717) is 0 Å². The predicted octanol–water partition coefficient (Wildman–Crippen LogP) is 15.5. The summed E-state index contributed by atoms with van der Waals surface area (Å²) in [6.07, 6.45) is 0. The van der Waals surface area contributed by atoms with Crippen LogP contribution in [0.4, 0.5) is 0 Å². The summed E-state index contributed by atoms with van der Waals surface area (Å²) in [5.74, 6) is 0. The van der Waals surface area contributed by atoms with Gasteiger partial charge in [-0.15, -0.1) is 11.3 Å². The van der Waals surface area contributed by atoms with Gasteiger partial charge in [-0.1, -0.05) is 149 Å². The minimum Gasteiger partial charge on any atom is -0.135 e. The highest BCUT2D eigenvalue weighted by molar-refractivity contribution is 7.26. The van der Waals surface area contributed by atoms with Crippen LogP contribution in [-0.2, 0) is 10.8 Å². The first-order chi connectivity index (χ1) is 26.8. The molecule has 9 aromatic carbocycles. The van der Waals surface area contributed by atoms with E-state index < -0.39 is 0 Å². The molecular formula is C54H38S. The zero-order chi connectivity index (χ0) is 36.8. The summed E-state index contributed by atoms with van der Waals surface area (Å²) in [4.78, 5) is 0. The Labute approximate surface area is 325 Å². The van der Waals surface area contributed by atoms with Gasteiger partial charge in [0, 0.05) is 31.0 Å². The SMILES string of the molecule is CC1(C)c2ccccc2-c2ccc(-c3c4ccccc4c(-c4ccc5c(c4)-c4cc6c(ccc7sc8ccccc8c76)cc4C5(C)C)c4ccccc34)cc21. The zero-order valence-electron chi connectivity index (χ0n) is 31.4. The fourth-order valence-electron chi connectivity index (χ4n) is 10.6. The van der Waals surface area contributed by atoms with Gasteiger partial charge in [-0.2, -0.15) is 0 Å². The lowest BCUT2D eigenvalue weighted by atomic mass is 9.80. The quantitative estimate of drug-likeness (QED) is 0.156. The molecule has 0 amide bonds. The van der Waals surface area contributed by atoms with E-state index in [4.69, 9.17) is 0 Å². The van der Waals surface area contributed by atoms with Gasteiger partial charge in [-0.25, -0.2) is 0 Å². The molecule has 260 valence electrons. The van der Waals surface area contributed by atoms with Crippen molar-refractivity contribution < 1.29 is 0 Å². The Bertz CT molecular complexity index is 3260. The molecule has 1 heteroatoms. The van der Waals surface area contributed by atoms with E-state index in [1.165, 1.54) is 119 Å². The Kier molecular flexibility index (Phi) is 6.16. The average Bonchev–Trinajstić information content (AvgIpc) is 3.78. The topological polar surface area (TPSA) is 0 Å². The maximum Gasteiger partial charge on any atom is 0.0361 e. The van der Waals surface area contributed by atoms with Crippen LogP contribution in [0.3, 0.4) is 0 Å². The second-order valence-electron chi connectivity index (χ2n) is 16.8. The number of rotatable bonds is 2. The van der Waals surface area contributed by atoms with Gasteiger partial charge in [0.15, 0.2) is 0 Å². The molecule has 0 nitrogen and oxygen atoms in total. The molecule has 0 saturated carbocycles. The van der Waals surface area contributed by atoms with Crippen LogP contribution in [0, 0.1) is 0 Å². The van der Waals surface area contributed by atoms with Crippen molar-refractivity contribution in [1.29, 1.82) is 0 Å². The number of hydrogen-bond donors (Lipinski definition) is 0. The lowest BCUT2D eigenvalue weighted by Gasteiger charge is -2.23. The third-order valence-corrected chi connectivity index (χ3v) is 14.4. The van der Waals surface area contributed by atoms with Crippen molar-refractivity contribution >= 4 is 63.8 Å². The first kappa shape index (κ1) is 31.3.